The molecule has 28 heavy (non-hydrogen) atoms. The van der Waals surface area contributed by atoms with Crippen LogP contribution in [0.1, 0.15) is 20.4 Å². The molecular weight excluding hydrogens is 421 g/mol. The predicted molar refractivity (Wildman–Crippen MR) is 107 cm³/mol. The number of H-pyrrole nitrogens is 1. The van der Waals surface area contributed by atoms with Crippen LogP contribution >= 0.6 is 34.4 Å². The number of carbonyl (C=O) groups is 1. The molecule has 0 atom stereocenters. The third-order valence-corrected chi connectivity index (χ3v) is 6.47. The number of nitrogens with one attached hydrogen (secondary N) is 2. The first-order chi connectivity index (χ1) is 13.6. The summed E-state index contributed by atoms with van der Waals surface area (Å²) in [6.07, 6.45) is 0. The minimum absolute atomic E-state index is 0.174. The van der Waals surface area contributed by atoms with E-state index in [1.54, 1.807) is 18.2 Å². The quantitative estimate of drug-likeness (QED) is 0.358. The van der Waals surface area contributed by atoms with Crippen molar-refractivity contribution in [2.24, 2.45) is 0 Å². The van der Waals surface area contributed by atoms with Crippen LogP contribution in [0, 0.1) is 5.82 Å². The van der Waals surface area contributed by atoms with Crippen molar-refractivity contribution in [3.63, 3.8) is 0 Å². The average Bonchev–Trinajstić information content (AvgIpc) is 3.35. The first-order valence-electron chi connectivity index (χ1n) is 8.04. The Morgan fingerprint density at radius 1 is 1.21 bits per heavy atom. The summed E-state index contributed by atoms with van der Waals surface area (Å²) in [6, 6.07) is 7.63. The summed E-state index contributed by atoms with van der Waals surface area (Å²) in [5, 5.41) is 14.4. The zero-order chi connectivity index (χ0) is 19.5. The number of carbonyl (C=O) groups excluding carboxylic acids is 1. The highest BCUT2D eigenvalue weighted by molar-refractivity contribution is 7.98. The summed E-state index contributed by atoms with van der Waals surface area (Å²) in [5.41, 5.74) is 0.612. The Kier molecular flexibility index (Phi) is 5.46. The van der Waals surface area contributed by atoms with E-state index in [1.807, 2.05) is 5.38 Å². The third kappa shape index (κ3) is 4.26. The van der Waals surface area contributed by atoms with E-state index in [4.69, 9.17) is 0 Å². The maximum atomic E-state index is 12.9. The number of thioether (sulfide) groups is 1. The molecule has 4 aromatic rings. The van der Waals surface area contributed by atoms with Crippen LogP contribution in [0.3, 0.4) is 0 Å². The fraction of sp³-hybridized carbons (Fsp3) is 0.118. The normalized spacial score (nSPS) is 11.0. The summed E-state index contributed by atoms with van der Waals surface area (Å²) in [6.45, 7) is 0.273. The van der Waals surface area contributed by atoms with Crippen LogP contribution in [0.2, 0.25) is 0 Å². The lowest BCUT2D eigenvalue weighted by Gasteiger charge is -2.02. The van der Waals surface area contributed by atoms with Crippen molar-refractivity contribution < 1.29 is 9.18 Å². The van der Waals surface area contributed by atoms with Crippen molar-refractivity contribution >= 4 is 50.6 Å². The van der Waals surface area contributed by atoms with E-state index in [9.17, 15) is 14.0 Å². The predicted octanol–water partition coefficient (Wildman–Crippen LogP) is 3.20. The van der Waals surface area contributed by atoms with Crippen LogP contribution in [0.5, 0.6) is 0 Å². The molecule has 11 heteroatoms. The van der Waals surface area contributed by atoms with Gasteiger partial charge in [-0.1, -0.05) is 35.2 Å². The lowest BCUT2D eigenvalue weighted by atomic mass is 10.2. The fourth-order valence-corrected chi connectivity index (χ4v) is 4.73. The van der Waals surface area contributed by atoms with Gasteiger partial charge in [-0.25, -0.2) is 9.37 Å². The lowest BCUT2D eigenvalue weighted by molar-refractivity contribution is 0.0950. The van der Waals surface area contributed by atoms with E-state index in [0.29, 0.717) is 26.1 Å². The molecule has 0 saturated heterocycles. The second-order valence-electron chi connectivity index (χ2n) is 5.61. The lowest BCUT2D eigenvalue weighted by Crippen LogP contribution is -2.22. The van der Waals surface area contributed by atoms with Crippen molar-refractivity contribution in [3.05, 3.63) is 67.5 Å². The van der Waals surface area contributed by atoms with Gasteiger partial charge >= 0.3 is 0 Å². The number of aromatic nitrogens is 4. The first kappa shape index (κ1) is 18.7. The second-order valence-corrected chi connectivity index (χ2v) is 8.53. The Labute approximate surface area is 170 Å². The number of nitrogens with zero attached hydrogens (tertiary/aromatic N) is 3. The second kappa shape index (κ2) is 8.17. The molecule has 0 radical (unpaired) electrons. The zero-order valence-corrected chi connectivity index (χ0v) is 16.6. The molecule has 1 aromatic carbocycles. The maximum Gasteiger partial charge on any atom is 0.282 e. The van der Waals surface area contributed by atoms with Gasteiger partial charge in [0.05, 0.1) is 11.1 Å². The molecule has 0 unspecified atom stereocenters. The smallest absolute Gasteiger partial charge is 0.282 e. The van der Waals surface area contributed by atoms with Crippen LogP contribution in [0.4, 0.5) is 4.39 Å². The molecule has 2 N–H and O–H groups in total. The Hall–Kier alpha value is -2.63. The Balaban J connectivity index is 1.36. The van der Waals surface area contributed by atoms with E-state index in [2.05, 4.69) is 25.5 Å². The Morgan fingerprint density at radius 2 is 2.04 bits per heavy atom. The third-order valence-electron chi connectivity index (χ3n) is 3.67. The standard InChI is InChI=1S/C17H12FN5O2S3/c18-10-3-1-9(2-4-10)7-19-14(25)16-23-22-12(28-16)8-27-17-20-13(24)11-5-6-26-15(11)21-17/h1-6H,7-8H2,(H,19,25)(H,20,21,24). The van der Waals surface area contributed by atoms with Gasteiger partial charge in [-0.15, -0.1) is 21.5 Å². The monoisotopic (exact) mass is 433 g/mol. The van der Waals surface area contributed by atoms with E-state index >= 15 is 0 Å². The molecule has 0 spiro atoms. The number of benzene rings is 1. The van der Waals surface area contributed by atoms with Gasteiger partial charge in [0.2, 0.25) is 5.01 Å². The van der Waals surface area contributed by atoms with Gasteiger partial charge in [0.15, 0.2) is 5.16 Å². The minimum Gasteiger partial charge on any atom is -0.346 e. The van der Waals surface area contributed by atoms with Crippen LogP contribution in [-0.4, -0.2) is 26.1 Å². The van der Waals surface area contributed by atoms with E-state index in [1.165, 1.54) is 46.6 Å². The molecule has 0 fully saturated rings. The van der Waals surface area contributed by atoms with Crippen LogP contribution < -0.4 is 10.9 Å². The highest BCUT2D eigenvalue weighted by Gasteiger charge is 2.14. The fourth-order valence-electron chi connectivity index (χ4n) is 2.31. The van der Waals surface area contributed by atoms with Crippen LogP contribution in [0.15, 0.2) is 45.7 Å². The highest BCUT2D eigenvalue weighted by atomic mass is 32.2. The van der Waals surface area contributed by atoms with Crippen molar-refractivity contribution in [2.75, 3.05) is 0 Å². The van der Waals surface area contributed by atoms with E-state index in [-0.39, 0.29) is 28.8 Å². The molecule has 7 nitrogen and oxygen atoms in total. The summed E-state index contributed by atoms with van der Waals surface area (Å²) >= 11 is 3.90. The average molecular weight is 434 g/mol. The molecule has 3 aromatic heterocycles. The van der Waals surface area contributed by atoms with Gasteiger partial charge in [0.1, 0.15) is 15.7 Å². The summed E-state index contributed by atoms with van der Waals surface area (Å²) < 4.78 is 12.9. The molecular formula is C17H12FN5O2S3. The Morgan fingerprint density at radius 3 is 2.86 bits per heavy atom. The van der Waals surface area contributed by atoms with Crippen LogP contribution in [-0.2, 0) is 12.3 Å². The summed E-state index contributed by atoms with van der Waals surface area (Å²) in [5.74, 6) is -0.233. The summed E-state index contributed by atoms with van der Waals surface area (Å²) in [7, 11) is 0. The number of aromatic amines is 1. The maximum absolute atomic E-state index is 12.9. The summed E-state index contributed by atoms with van der Waals surface area (Å²) in [4.78, 5) is 32.0. The molecule has 0 aliphatic rings. The van der Waals surface area contributed by atoms with Crippen LogP contribution in [0.25, 0.3) is 10.2 Å². The number of rotatable bonds is 6. The van der Waals surface area contributed by atoms with Crippen molar-refractivity contribution in [2.45, 2.75) is 17.5 Å². The van der Waals surface area contributed by atoms with Gasteiger partial charge in [0.25, 0.3) is 11.5 Å². The molecule has 0 aliphatic carbocycles. The van der Waals surface area contributed by atoms with Crippen molar-refractivity contribution in [1.29, 1.82) is 0 Å². The number of hydrogen-bond donors (Lipinski definition) is 2. The number of halogens is 1. The minimum atomic E-state index is -0.343. The topological polar surface area (TPSA) is 101 Å². The van der Waals surface area contributed by atoms with Crippen molar-refractivity contribution in [3.8, 4) is 0 Å². The largest absolute Gasteiger partial charge is 0.346 e. The van der Waals surface area contributed by atoms with Gasteiger partial charge in [-0.05, 0) is 29.1 Å². The molecule has 0 bridgehead atoms. The highest BCUT2D eigenvalue weighted by Crippen LogP contribution is 2.23. The first-order valence-corrected chi connectivity index (χ1v) is 10.7. The van der Waals surface area contributed by atoms with Crippen molar-refractivity contribution in [1.82, 2.24) is 25.5 Å². The zero-order valence-electron chi connectivity index (χ0n) is 14.1. The molecule has 142 valence electrons. The van der Waals surface area contributed by atoms with E-state index < -0.39 is 0 Å². The number of fused-ring (bicyclic) bond motifs is 1. The van der Waals surface area contributed by atoms with E-state index in [0.717, 1.165) is 5.56 Å². The number of amides is 1. The molecule has 1 amide bonds. The van der Waals surface area contributed by atoms with Gasteiger partial charge < -0.3 is 10.3 Å². The molecule has 4 rings (SSSR count). The van der Waals surface area contributed by atoms with Gasteiger partial charge in [-0.3, -0.25) is 9.59 Å². The SMILES string of the molecule is O=C(NCc1ccc(F)cc1)c1nnc(CSc2nc3sccc3c(=O)[nH]2)s1. The Bertz CT molecular complexity index is 1190. The molecule has 3 heterocycles. The van der Waals surface area contributed by atoms with Gasteiger partial charge in [0, 0.05) is 6.54 Å². The molecule has 0 saturated carbocycles. The number of hydrogen-bond acceptors (Lipinski definition) is 8. The number of thiophene rings is 1. The molecule has 0 aliphatic heterocycles. The van der Waals surface area contributed by atoms with Gasteiger partial charge in [-0.2, -0.15) is 0 Å².